The lowest BCUT2D eigenvalue weighted by atomic mass is 10.0. The van der Waals surface area contributed by atoms with Crippen LogP contribution >= 0.6 is 0 Å². The first kappa shape index (κ1) is 12.9. The molecule has 1 aromatic carbocycles. The Hall–Kier alpha value is -1.58. The Labute approximate surface area is 107 Å². The number of urea groups is 1. The highest BCUT2D eigenvalue weighted by Gasteiger charge is 2.24. The van der Waals surface area contributed by atoms with Crippen LogP contribution < -0.4 is 4.90 Å². The summed E-state index contributed by atoms with van der Waals surface area (Å²) < 4.78 is 12.8. The second kappa shape index (κ2) is 5.38. The monoisotopic (exact) mass is 250 g/mol. The highest BCUT2D eigenvalue weighted by atomic mass is 19.1. The van der Waals surface area contributed by atoms with Crippen LogP contribution in [0, 0.1) is 11.7 Å². The molecule has 1 aromatic rings. The highest BCUT2D eigenvalue weighted by Crippen LogP contribution is 2.20. The molecule has 1 aliphatic rings. The molecular formula is C14H19FN2O. The maximum atomic E-state index is 12.8. The van der Waals surface area contributed by atoms with Crippen molar-refractivity contribution >= 4 is 11.7 Å². The summed E-state index contributed by atoms with van der Waals surface area (Å²) in [7, 11) is 1.73. The molecule has 1 heterocycles. The number of rotatable bonds is 1. The molecule has 0 saturated carbocycles. The lowest BCUT2D eigenvalue weighted by Crippen LogP contribution is -2.45. The number of likely N-dealkylation sites (tertiary alicyclic amines) is 1. The molecule has 0 bridgehead atoms. The first-order chi connectivity index (χ1) is 8.58. The fourth-order valence-corrected chi connectivity index (χ4v) is 2.35. The molecule has 2 amide bonds. The van der Waals surface area contributed by atoms with Gasteiger partial charge in [-0.1, -0.05) is 6.92 Å². The number of amides is 2. The van der Waals surface area contributed by atoms with E-state index in [-0.39, 0.29) is 11.8 Å². The first-order valence-electron chi connectivity index (χ1n) is 6.36. The van der Waals surface area contributed by atoms with Gasteiger partial charge in [0.05, 0.1) is 0 Å². The summed E-state index contributed by atoms with van der Waals surface area (Å²) in [4.78, 5) is 15.7. The number of piperidine rings is 1. The minimum absolute atomic E-state index is 0.00634. The summed E-state index contributed by atoms with van der Waals surface area (Å²) in [6.45, 7) is 3.79. The molecule has 0 N–H and O–H groups in total. The Morgan fingerprint density at radius 1 is 1.39 bits per heavy atom. The highest BCUT2D eigenvalue weighted by molar-refractivity contribution is 5.91. The van der Waals surface area contributed by atoms with E-state index in [1.54, 1.807) is 24.1 Å². The molecule has 98 valence electrons. The van der Waals surface area contributed by atoms with Crippen molar-refractivity contribution in [2.45, 2.75) is 19.8 Å². The van der Waals surface area contributed by atoms with E-state index in [1.165, 1.54) is 18.6 Å². The quantitative estimate of drug-likeness (QED) is 0.751. The van der Waals surface area contributed by atoms with Crippen LogP contribution in [0.5, 0.6) is 0 Å². The third-order valence-corrected chi connectivity index (χ3v) is 3.43. The van der Waals surface area contributed by atoms with E-state index in [2.05, 4.69) is 6.92 Å². The van der Waals surface area contributed by atoms with Gasteiger partial charge in [-0.05, 0) is 43.0 Å². The zero-order chi connectivity index (χ0) is 13.1. The fourth-order valence-electron chi connectivity index (χ4n) is 2.35. The van der Waals surface area contributed by atoms with Gasteiger partial charge in [0.25, 0.3) is 0 Å². The first-order valence-corrected chi connectivity index (χ1v) is 6.36. The van der Waals surface area contributed by atoms with Gasteiger partial charge >= 0.3 is 6.03 Å². The summed E-state index contributed by atoms with van der Waals surface area (Å²) in [6.07, 6.45) is 2.24. The molecule has 0 aliphatic carbocycles. The Morgan fingerprint density at radius 3 is 2.67 bits per heavy atom. The number of nitrogens with zero attached hydrogens (tertiary/aromatic N) is 2. The van der Waals surface area contributed by atoms with Crippen LogP contribution in [0.4, 0.5) is 14.9 Å². The minimum atomic E-state index is -0.286. The van der Waals surface area contributed by atoms with Crippen LogP contribution in [0.15, 0.2) is 24.3 Å². The number of carbonyl (C=O) groups is 1. The van der Waals surface area contributed by atoms with E-state index in [1.807, 2.05) is 4.90 Å². The second-order valence-corrected chi connectivity index (χ2v) is 5.01. The summed E-state index contributed by atoms with van der Waals surface area (Å²) >= 11 is 0. The van der Waals surface area contributed by atoms with Crippen molar-refractivity contribution in [1.82, 2.24) is 4.90 Å². The van der Waals surface area contributed by atoms with E-state index < -0.39 is 0 Å². The molecular weight excluding hydrogens is 231 g/mol. The number of carbonyl (C=O) groups excluding carboxylic acids is 1. The molecule has 3 nitrogen and oxygen atoms in total. The van der Waals surface area contributed by atoms with E-state index in [0.29, 0.717) is 5.92 Å². The van der Waals surface area contributed by atoms with E-state index in [4.69, 9.17) is 0 Å². The Balaban J connectivity index is 2.06. The second-order valence-electron chi connectivity index (χ2n) is 5.01. The van der Waals surface area contributed by atoms with Gasteiger partial charge in [-0.3, -0.25) is 4.90 Å². The Bertz CT molecular complexity index is 418. The van der Waals surface area contributed by atoms with Crippen molar-refractivity contribution in [3.05, 3.63) is 30.1 Å². The van der Waals surface area contributed by atoms with Gasteiger partial charge in [-0.25, -0.2) is 9.18 Å². The van der Waals surface area contributed by atoms with Crippen LogP contribution in [0.1, 0.15) is 19.8 Å². The molecule has 1 fully saturated rings. The molecule has 0 spiro atoms. The standard InChI is InChI=1S/C14H19FN2O/c1-11-4-3-9-17(10-11)14(18)16(2)13-7-5-12(15)6-8-13/h5-8,11H,3-4,9-10H2,1-2H3. The van der Waals surface area contributed by atoms with Crippen LogP contribution in [0.3, 0.4) is 0 Å². The predicted molar refractivity (Wildman–Crippen MR) is 70.2 cm³/mol. The van der Waals surface area contributed by atoms with Crippen molar-refractivity contribution in [3.63, 3.8) is 0 Å². The van der Waals surface area contributed by atoms with Crippen molar-refractivity contribution in [1.29, 1.82) is 0 Å². The average Bonchev–Trinajstić information content (AvgIpc) is 2.38. The molecule has 0 radical (unpaired) electrons. The van der Waals surface area contributed by atoms with Crippen molar-refractivity contribution < 1.29 is 9.18 Å². The molecule has 1 saturated heterocycles. The van der Waals surface area contributed by atoms with Gasteiger partial charge in [0, 0.05) is 25.8 Å². The van der Waals surface area contributed by atoms with Gasteiger partial charge in [0.1, 0.15) is 5.82 Å². The SMILES string of the molecule is CC1CCCN(C(=O)N(C)c2ccc(F)cc2)C1. The maximum absolute atomic E-state index is 12.8. The predicted octanol–water partition coefficient (Wildman–Crippen LogP) is 3.11. The van der Waals surface area contributed by atoms with E-state index in [9.17, 15) is 9.18 Å². The van der Waals surface area contributed by atoms with Gasteiger partial charge in [-0.2, -0.15) is 0 Å². The fraction of sp³-hybridized carbons (Fsp3) is 0.500. The third kappa shape index (κ3) is 2.81. The molecule has 1 atom stereocenters. The smallest absolute Gasteiger partial charge is 0.324 e. The Morgan fingerprint density at radius 2 is 2.06 bits per heavy atom. The maximum Gasteiger partial charge on any atom is 0.324 e. The summed E-state index contributed by atoms with van der Waals surface area (Å²) in [5, 5.41) is 0. The van der Waals surface area contributed by atoms with Gasteiger partial charge in [0.2, 0.25) is 0 Å². The van der Waals surface area contributed by atoms with Gasteiger partial charge in [0.15, 0.2) is 0 Å². The molecule has 18 heavy (non-hydrogen) atoms. The third-order valence-electron chi connectivity index (χ3n) is 3.43. The van der Waals surface area contributed by atoms with Crippen LogP contribution in [-0.4, -0.2) is 31.1 Å². The van der Waals surface area contributed by atoms with Crippen molar-refractivity contribution in [2.24, 2.45) is 5.92 Å². The van der Waals surface area contributed by atoms with Crippen LogP contribution in [0.2, 0.25) is 0 Å². The number of benzene rings is 1. The Kier molecular flexibility index (Phi) is 3.84. The lowest BCUT2D eigenvalue weighted by molar-refractivity contribution is 0.177. The minimum Gasteiger partial charge on any atom is -0.324 e. The van der Waals surface area contributed by atoms with Crippen LogP contribution in [-0.2, 0) is 0 Å². The molecule has 4 heteroatoms. The van der Waals surface area contributed by atoms with Crippen molar-refractivity contribution in [2.75, 3.05) is 25.0 Å². The number of anilines is 1. The van der Waals surface area contributed by atoms with E-state index in [0.717, 1.165) is 25.2 Å². The van der Waals surface area contributed by atoms with E-state index >= 15 is 0 Å². The zero-order valence-corrected chi connectivity index (χ0v) is 10.9. The van der Waals surface area contributed by atoms with Crippen LogP contribution in [0.25, 0.3) is 0 Å². The topological polar surface area (TPSA) is 23.6 Å². The molecule has 0 aromatic heterocycles. The zero-order valence-electron chi connectivity index (χ0n) is 10.9. The average molecular weight is 250 g/mol. The van der Waals surface area contributed by atoms with Gasteiger partial charge in [-0.15, -0.1) is 0 Å². The number of halogens is 1. The molecule has 2 rings (SSSR count). The number of hydrogen-bond donors (Lipinski definition) is 0. The largest absolute Gasteiger partial charge is 0.324 e. The molecule has 1 unspecified atom stereocenters. The summed E-state index contributed by atoms with van der Waals surface area (Å²) in [5.41, 5.74) is 0.722. The normalized spacial score (nSPS) is 19.7. The van der Waals surface area contributed by atoms with Gasteiger partial charge < -0.3 is 4.90 Å². The molecule has 1 aliphatic heterocycles. The lowest BCUT2D eigenvalue weighted by Gasteiger charge is -2.34. The summed E-state index contributed by atoms with van der Waals surface area (Å²) in [6, 6.07) is 5.99. The summed E-state index contributed by atoms with van der Waals surface area (Å²) in [5.74, 6) is 0.274. The number of hydrogen-bond acceptors (Lipinski definition) is 1. The van der Waals surface area contributed by atoms with Crippen molar-refractivity contribution in [3.8, 4) is 0 Å².